The maximum Gasteiger partial charge on any atom is 0.261 e. The zero-order valence-corrected chi connectivity index (χ0v) is 17.0. The normalized spacial score (nSPS) is 11.4. The van der Waals surface area contributed by atoms with E-state index in [9.17, 15) is 8.42 Å². The summed E-state index contributed by atoms with van der Waals surface area (Å²) in [6, 6.07) is 18.5. The third-order valence-electron chi connectivity index (χ3n) is 4.14. The predicted octanol–water partition coefficient (Wildman–Crippen LogP) is 4.64. The van der Waals surface area contributed by atoms with Gasteiger partial charge in [-0.25, -0.2) is 8.42 Å². The first kappa shape index (κ1) is 19.4. The summed E-state index contributed by atoms with van der Waals surface area (Å²) in [6.45, 7) is 0. The van der Waals surface area contributed by atoms with Gasteiger partial charge in [-0.2, -0.15) is 5.21 Å². The molecule has 29 heavy (non-hydrogen) atoms. The maximum absolute atomic E-state index is 12.7. The predicted molar refractivity (Wildman–Crippen MR) is 112 cm³/mol. The van der Waals surface area contributed by atoms with Gasteiger partial charge in [0.25, 0.3) is 10.0 Å². The Balaban J connectivity index is 1.58. The van der Waals surface area contributed by atoms with Gasteiger partial charge in [-0.15, -0.1) is 10.2 Å². The number of hydrogen-bond acceptors (Lipinski definition) is 5. The molecule has 0 spiro atoms. The van der Waals surface area contributed by atoms with Crippen LogP contribution in [0.5, 0.6) is 0 Å². The van der Waals surface area contributed by atoms with Crippen LogP contribution >= 0.6 is 23.2 Å². The molecule has 0 radical (unpaired) electrons. The second-order valence-corrected chi connectivity index (χ2v) is 8.57. The zero-order valence-electron chi connectivity index (χ0n) is 14.7. The van der Waals surface area contributed by atoms with E-state index in [2.05, 4.69) is 25.3 Å². The van der Waals surface area contributed by atoms with Crippen LogP contribution in [-0.4, -0.2) is 29.0 Å². The Labute approximate surface area is 176 Å². The van der Waals surface area contributed by atoms with Crippen LogP contribution in [0.3, 0.4) is 0 Å². The first-order valence-electron chi connectivity index (χ1n) is 8.34. The first-order chi connectivity index (χ1) is 13.9. The van der Waals surface area contributed by atoms with Crippen LogP contribution in [0.2, 0.25) is 10.0 Å². The number of anilines is 1. The number of nitrogens with one attached hydrogen (secondary N) is 2. The van der Waals surface area contributed by atoms with Gasteiger partial charge < -0.3 is 0 Å². The number of H-pyrrole nitrogens is 1. The topological polar surface area (TPSA) is 101 Å². The Hall–Kier alpha value is -2.94. The van der Waals surface area contributed by atoms with E-state index >= 15 is 0 Å². The molecule has 4 aromatic rings. The fraction of sp³-hybridized carbons (Fsp3) is 0. The van der Waals surface area contributed by atoms with E-state index in [0.717, 1.165) is 11.1 Å². The Morgan fingerprint density at radius 1 is 0.828 bits per heavy atom. The Bertz CT molecular complexity index is 1260. The fourth-order valence-corrected chi connectivity index (χ4v) is 4.07. The van der Waals surface area contributed by atoms with Crippen molar-refractivity contribution >= 4 is 38.9 Å². The summed E-state index contributed by atoms with van der Waals surface area (Å²) in [6.07, 6.45) is 0. The van der Waals surface area contributed by atoms with Crippen molar-refractivity contribution in [1.29, 1.82) is 0 Å². The van der Waals surface area contributed by atoms with Crippen molar-refractivity contribution < 1.29 is 8.42 Å². The summed E-state index contributed by atoms with van der Waals surface area (Å²) in [4.78, 5) is 0.131. The maximum atomic E-state index is 12.7. The van der Waals surface area contributed by atoms with Gasteiger partial charge in [-0.3, -0.25) is 4.72 Å². The van der Waals surface area contributed by atoms with E-state index in [1.165, 1.54) is 12.1 Å². The first-order valence-corrected chi connectivity index (χ1v) is 10.6. The molecule has 2 N–H and O–H groups in total. The smallest absolute Gasteiger partial charge is 0.261 e. The number of aromatic nitrogens is 4. The van der Waals surface area contributed by atoms with Gasteiger partial charge in [-0.1, -0.05) is 53.5 Å². The Kier molecular flexibility index (Phi) is 5.23. The van der Waals surface area contributed by atoms with Crippen LogP contribution in [-0.2, 0) is 10.0 Å². The van der Waals surface area contributed by atoms with Gasteiger partial charge in [0.2, 0.25) is 5.82 Å². The summed E-state index contributed by atoms with van der Waals surface area (Å²) < 4.78 is 28.1. The van der Waals surface area contributed by atoms with Crippen LogP contribution in [0.25, 0.3) is 22.5 Å². The van der Waals surface area contributed by atoms with Gasteiger partial charge in [0.15, 0.2) is 0 Å². The molecule has 0 fully saturated rings. The van der Waals surface area contributed by atoms with E-state index in [-0.39, 0.29) is 4.90 Å². The minimum Gasteiger partial charge on any atom is -0.280 e. The van der Waals surface area contributed by atoms with E-state index < -0.39 is 10.0 Å². The quantitative estimate of drug-likeness (QED) is 0.465. The molecule has 0 unspecified atom stereocenters. The number of hydrogen-bond donors (Lipinski definition) is 2. The van der Waals surface area contributed by atoms with Crippen molar-refractivity contribution in [2.24, 2.45) is 0 Å². The molecule has 1 aromatic heterocycles. The van der Waals surface area contributed by atoms with Crippen molar-refractivity contribution in [2.45, 2.75) is 4.90 Å². The number of tetrazole rings is 1. The molecule has 146 valence electrons. The standard InChI is InChI=1S/C19H13Cl2N5O2S/c20-17-9-6-13(11-18(17)21)12-4-7-16(8-5-12)29(27,28)24-15-3-1-2-14(10-15)19-22-25-26-23-19/h1-11,24H,(H,22,23,25,26). The highest BCUT2D eigenvalue weighted by Crippen LogP contribution is 2.29. The van der Waals surface area contributed by atoms with Crippen molar-refractivity contribution in [2.75, 3.05) is 4.72 Å². The fourth-order valence-electron chi connectivity index (χ4n) is 2.72. The number of benzene rings is 3. The zero-order chi connectivity index (χ0) is 20.4. The van der Waals surface area contributed by atoms with Crippen molar-refractivity contribution in [3.8, 4) is 22.5 Å². The number of rotatable bonds is 5. The molecule has 0 aliphatic carbocycles. The average molecular weight is 446 g/mol. The van der Waals surface area contributed by atoms with Crippen molar-refractivity contribution in [3.05, 3.63) is 76.8 Å². The van der Waals surface area contributed by atoms with E-state index in [1.54, 1.807) is 48.5 Å². The molecule has 4 rings (SSSR count). The largest absolute Gasteiger partial charge is 0.280 e. The SMILES string of the molecule is O=S(=O)(Nc1cccc(-c2nn[nH]n2)c1)c1ccc(-c2ccc(Cl)c(Cl)c2)cc1. The Morgan fingerprint density at radius 2 is 1.59 bits per heavy atom. The monoisotopic (exact) mass is 445 g/mol. The van der Waals surface area contributed by atoms with E-state index in [0.29, 0.717) is 27.1 Å². The molecule has 7 nitrogen and oxygen atoms in total. The molecule has 0 aliphatic heterocycles. The van der Waals surface area contributed by atoms with E-state index in [4.69, 9.17) is 23.2 Å². The molecule has 0 bridgehead atoms. The average Bonchev–Trinajstić information content (AvgIpc) is 3.25. The summed E-state index contributed by atoms with van der Waals surface area (Å²) >= 11 is 12.0. The molecule has 0 saturated carbocycles. The van der Waals surface area contributed by atoms with Crippen molar-refractivity contribution in [3.63, 3.8) is 0 Å². The number of halogens is 2. The van der Waals surface area contributed by atoms with Gasteiger partial charge in [0.1, 0.15) is 0 Å². The molecule has 0 amide bonds. The van der Waals surface area contributed by atoms with Crippen LogP contribution in [0.1, 0.15) is 0 Å². The third kappa shape index (κ3) is 4.24. The molecular formula is C19H13Cl2N5O2S. The minimum absolute atomic E-state index is 0.131. The van der Waals surface area contributed by atoms with Crippen LogP contribution < -0.4 is 4.72 Å². The second kappa shape index (κ2) is 7.82. The molecule has 0 saturated heterocycles. The molecule has 0 atom stereocenters. The molecule has 3 aromatic carbocycles. The van der Waals surface area contributed by atoms with Crippen LogP contribution in [0.4, 0.5) is 5.69 Å². The van der Waals surface area contributed by atoms with Gasteiger partial charge in [0.05, 0.1) is 14.9 Å². The highest BCUT2D eigenvalue weighted by atomic mass is 35.5. The number of nitrogens with zero attached hydrogens (tertiary/aromatic N) is 3. The second-order valence-electron chi connectivity index (χ2n) is 6.07. The minimum atomic E-state index is -3.77. The van der Waals surface area contributed by atoms with Crippen LogP contribution in [0, 0.1) is 0 Å². The summed E-state index contributed by atoms with van der Waals surface area (Å²) in [7, 11) is -3.77. The lowest BCUT2D eigenvalue weighted by Gasteiger charge is -2.10. The van der Waals surface area contributed by atoms with Crippen molar-refractivity contribution in [1.82, 2.24) is 20.6 Å². The van der Waals surface area contributed by atoms with Gasteiger partial charge in [-0.05, 0) is 52.7 Å². The van der Waals surface area contributed by atoms with Crippen LogP contribution in [0.15, 0.2) is 71.6 Å². The van der Waals surface area contributed by atoms with Gasteiger partial charge >= 0.3 is 0 Å². The lowest BCUT2D eigenvalue weighted by molar-refractivity contribution is 0.601. The molecule has 0 aliphatic rings. The summed E-state index contributed by atoms with van der Waals surface area (Å²) in [5.74, 6) is 0.372. The highest BCUT2D eigenvalue weighted by Gasteiger charge is 2.15. The number of aromatic amines is 1. The van der Waals surface area contributed by atoms with E-state index in [1.807, 2.05) is 6.07 Å². The highest BCUT2D eigenvalue weighted by molar-refractivity contribution is 7.92. The summed E-state index contributed by atoms with van der Waals surface area (Å²) in [5.41, 5.74) is 2.68. The lowest BCUT2D eigenvalue weighted by Crippen LogP contribution is -2.12. The lowest BCUT2D eigenvalue weighted by atomic mass is 10.1. The molecular weight excluding hydrogens is 433 g/mol. The Morgan fingerprint density at radius 3 is 2.28 bits per heavy atom. The molecule has 10 heteroatoms. The summed E-state index contributed by atoms with van der Waals surface area (Å²) in [5, 5.41) is 14.5. The third-order valence-corrected chi connectivity index (χ3v) is 6.27. The molecule has 1 heterocycles. The number of sulfonamides is 1. The van der Waals surface area contributed by atoms with Gasteiger partial charge in [0, 0.05) is 11.3 Å².